The monoisotopic (exact) mass is 460 g/mol. The molecule has 2 aromatic carbocycles. The molecule has 2 aromatic rings. The van der Waals surface area contributed by atoms with Gasteiger partial charge in [0, 0.05) is 31.6 Å². The van der Waals surface area contributed by atoms with Crippen LogP contribution >= 0.6 is 0 Å². The largest absolute Gasteiger partial charge is 0.493 e. The van der Waals surface area contributed by atoms with E-state index >= 15 is 0 Å². The second kappa shape index (κ2) is 8.90. The zero-order valence-corrected chi connectivity index (χ0v) is 19.6. The van der Waals surface area contributed by atoms with Crippen LogP contribution in [0.5, 0.6) is 34.5 Å². The molecule has 33 heavy (non-hydrogen) atoms. The Kier molecular flexibility index (Phi) is 6.16. The molecule has 4 rings (SSSR count). The van der Waals surface area contributed by atoms with Gasteiger partial charge >= 0.3 is 5.97 Å². The highest BCUT2D eigenvalue weighted by atomic mass is 16.7. The van der Waals surface area contributed by atoms with E-state index in [0.29, 0.717) is 34.5 Å². The highest BCUT2D eigenvalue weighted by Gasteiger charge is 2.53. The minimum atomic E-state index is -1.32. The Bertz CT molecular complexity index is 1030. The van der Waals surface area contributed by atoms with Crippen LogP contribution < -0.4 is 28.4 Å². The molecule has 0 spiro atoms. The van der Waals surface area contributed by atoms with E-state index in [1.165, 1.54) is 14.2 Å². The van der Waals surface area contributed by atoms with Crippen molar-refractivity contribution >= 4 is 5.97 Å². The van der Waals surface area contributed by atoms with Crippen LogP contribution in [0.15, 0.2) is 24.3 Å². The zero-order chi connectivity index (χ0) is 23.8. The second-order valence-electron chi connectivity index (χ2n) is 7.73. The fourth-order valence-corrected chi connectivity index (χ4v) is 4.44. The maximum absolute atomic E-state index is 13.3. The molecule has 2 aliphatic rings. The average molecular weight is 460 g/mol. The van der Waals surface area contributed by atoms with E-state index in [1.807, 2.05) is 18.2 Å². The van der Waals surface area contributed by atoms with Gasteiger partial charge in [0.25, 0.3) is 0 Å². The lowest BCUT2D eigenvalue weighted by Gasteiger charge is -2.44. The van der Waals surface area contributed by atoms with Gasteiger partial charge in [0.2, 0.25) is 18.3 Å². The Balaban J connectivity index is 1.99. The maximum atomic E-state index is 13.3. The standard InChI is InChI=1S/C24H28O9/c1-7-30-23(25)21-20(13-8-18(26-3)22(28-5)19(9-13)27-4)14-10-16-17(32-12-31-16)11-15(14)33-24(21,2)29-6/h8-11,20-21H,7,12H2,1-6H3. The number of carbonyl (C=O) groups is 1. The van der Waals surface area contributed by atoms with Crippen molar-refractivity contribution in [2.24, 2.45) is 5.92 Å². The summed E-state index contributed by atoms with van der Waals surface area (Å²) >= 11 is 0. The molecule has 0 saturated carbocycles. The Labute approximate surface area is 192 Å². The molecule has 3 unspecified atom stereocenters. The third-order valence-corrected chi connectivity index (χ3v) is 6.04. The van der Waals surface area contributed by atoms with Gasteiger partial charge in [-0.2, -0.15) is 0 Å². The Morgan fingerprint density at radius 3 is 2.15 bits per heavy atom. The van der Waals surface area contributed by atoms with E-state index in [4.69, 9.17) is 37.9 Å². The van der Waals surface area contributed by atoms with Gasteiger partial charge in [-0.05, 0) is 30.7 Å². The van der Waals surface area contributed by atoms with Gasteiger partial charge in [0.05, 0.1) is 27.9 Å². The number of methoxy groups -OCH3 is 4. The molecule has 0 aromatic heterocycles. The van der Waals surface area contributed by atoms with E-state index in [2.05, 4.69) is 0 Å². The Morgan fingerprint density at radius 2 is 1.61 bits per heavy atom. The third kappa shape index (κ3) is 3.76. The first-order valence-corrected chi connectivity index (χ1v) is 10.5. The SMILES string of the molecule is CCOC(=O)C1C(c2cc(OC)c(OC)c(OC)c2)c2cc3c(cc2OC1(C)OC)OCO3. The molecule has 0 saturated heterocycles. The van der Waals surface area contributed by atoms with Crippen molar-refractivity contribution in [3.05, 3.63) is 35.4 Å². The molecule has 178 valence electrons. The van der Waals surface area contributed by atoms with E-state index in [9.17, 15) is 4.79 Å². The van der Waals surface area contributed by atoms with Crippen LogP contribution in [0, 0.1) is 5.92 Å². The van der Waals surface area contributed by atoms with Crippen molar-refractivity contribution in [2.45, 2.75) is 25.6 Å². The van der Waals surface area contributed by atoms with Crippen LogP contribution in [-0.2, 0) is 14.3 Å². The molecule has 2 aliphatic heterocycles. The van der Waals surface area contributed by atoms with Gasteiger partial charge in [-0.15, -0.1) is 0 Å². The van der Waals surface area contributed by atoms with E-state index < -0.39 is 23.6 Å². The summed E-state index contributed by atoms with van der Waals surface area (Å²) in [5.41, 5.74) is 1.45. The molecule has 0 fully saturated rings. The van der Waals surface area contributed by atoms with E-state index in [1.54, 1.807) is 34.1 Å². The molecule has 3 atom stereocenters. The molecule has 0 N–H and O–H groups in total. The molecule has 0 radical (unpaired) electrons. The normalized spacial score (nSPS) is 22.7. The molecular formula is C24H28O9. The number of benzene rings is 2. The molecule has 2 heterocycles. The van der Waals surface area contributed by atoms with Gasteiger partial charge in [-0.1, -0.05) is 0 Å². The van der Waals surface area contributed by atoms with Gasteiger partial charge in [0.1, 0.15) is 11.7 Å². The van der Waals surface area contributed by atoms with Gasteiger partial charge in [-0.3, -0.25) is 4.79 Å². The highest BCUT2D eigenvalue weighted by molar-refractivity contribution is 5.78. The van der Waals surface area contributed by atoms with Crippen molar-refractivity contribution < 1.29 is 42.7 Å². The molecule has 9 heteroatoms. The quantitative estimate of drug-likeness (QED) is 0.576. The first-order valence-electron chi connectivity index (χ1n) is 10.5. The molecule has 9 nitrogen and oxygen atoms in total. The van der Waals surface area contributed by atoms with Crippen molar-refractivity contribution in [2.75, 3.05) is 41.8 Å². The molecular weight excluding hydrogens is 432 g/mol. The lowest BCUT2D eigenvalue weighted by Crippen LogP contribution is -2.52. The minimum Gasteiger partial charge on any atom is -0.493 e. The van der Waals surface area contributed by atoms with E-state index in [0.717, 1.165) is 11.1 Å². The summed E-state index contributed by atoms with van der Waals surface area (Å²) < 4.78 is 45.2. The van der Waals surface area contributed by atoms with Crippen LogP contribution in [-0.4, -0.2) is 53.6 Å². The molecule has 0 amide bonds. The van der Waals surface area contributed by atoms with Crippen LogP contribution in [0.25, 0.3) is 0 Å². The lowest BCUT2D eigenvalue weighted by atomic mass is 9.74. The van der Waals surface area contributed by atoms with Gasteiger partial charge in [0.15, 0.2) is 23.0 Å². The van der Waals surface area contributed by atoms with E-state index in [-0.39, 0.29) is 13.4 Å². The predicted octanol–water partition coefficient (Wildman–Crippen LogP) is 3.51. The summed E-state index contributed by atoms with van der Waals surface area (Å²) in [6.45, 7) is 3.79. The van der Waals surface area contributed by atoms with Crippen molar-refractivity contribution in [3.8, 4) is 34.5 Å². The van der Waals surface area contributed by atoms with Crippen LogP contribution in [0.1, 0.15) is 30.9 Å². The zero-order valence-electron chi connectivity index (χ0n) is 19.6. The van der Waals surface area contributed by atoms with Crippen molar-refractivity contribution in [1.82, 2.24) is 0 Å². The Morgan fingerprint density at radius 1 is 0.970 bits per heavy atom. The first-order chi connectivity index (χ1) is 15.9. The van der Waals surface area contributed by atoms with Crippen molar-refractivity contribution in [1.29, 1.82) is 0 Å². The number of rotatable bonds is 7. The molecule has 0 bridgehead atoms. The number of fused-ring (bicyclic) bond motifs is 2. The summed E-state index contributed by atoms with van der Waals surface area (Å²) in [5, 5.41) is 0. The van der Waals surface area contributed by atoms with Crippen LogP contribution in [0.4, 0.5) is 0 Å². The number of hydrogen-bond donors (Lipinski definition) is 0. The third-order valence-electron chi connectivity index (χ3n) is 6.04. The fraction of sp³-hybridized carbons (Fsp3) is 0.458. The Hall–Kier alpha value is -3.33. The first kappa shape index (κ1) is 22.8. The predicted molar refractivity (Wildman–Crippen MR) is 117 cm³/mol. The van der Waals surface area contributed by atoms with Gasteiger partial charge in [-0.25, -0.2) is 0 Å². The second-order valence-corrected chi connectivity index (χ2v) is 7.73. The topological polar surface area (TPSA) is 90.9 Å². The molecule has 0 aliphatic carbocycles. The maximum Gasteiger partial charge on any atom is 0.316 e. The number of hydrogen-bond acceptors (Lipinski definition) is 9. The average Bonchev–Trinajstić information content (AvgIpc) is 3.28. The smallest absolute Gasteiger partial charge is 0.316 e. The lowest BCUT2D eigenvalue weighted by molar-refractivity contribution is -0.212. The highest BCUT2D eigenvalue weighted by Crippen LogP contribution is 2.54. The van der Waals surface area contributed by atoms with Crippen LogP contribution in [0.3, 0.4) is 0 Å². The number of ether oxygens (including phenoxy) is 8. The number of carbonyl (C=O) groups excluding carboxylic acids is 1. The summed E-state index contributed by atoms with van der Waals surface area (Å²) in [7, 11) is 6.11. The number of esters is 1. The van der Waals surface area contributed by atoms with Crippen LogP contribution in [0.2, 0.25) is 0 Å². The summed E-state index contributed by atoms with van der Waals surface area (Å²) in [4.78, 5) is 13.3. The van der Waals surface area contributed by atoms with Gasteiger partial charge < -0.3 is 37.9 Å². The minimum absolute atomic E-state index is 0.107. The van der Waals surface area contributed by atoms with Crippen molar-refractivity contribution in [3.63, 3.8) is 0 Å². The fourth-order valence-electron chi connectivity index (χ4n) is 4.44. The summed E-state index contributed by atoms with van der Waals surface area (Å²) in [6, 6.07) is 7.20. The summed E-state index contributed by atoms with van der Waals surface area (Å²) in [6.07, 6.45) is 0. The summed E-state index contributed by atoms with van der Waals surface area (Å²) in [5.74, 6) is -0.152.